The largest absolute Gasteiger partial charge is 0.490 e. The van der Waals surface area contributed by atoms with Crippen molar-refractivity contribution in [3.05, 3.63) is 92.0 Å². The van der Waals surface area contributed by atoms with Crippen molar-refractivity contribution < 1.29 is 19.4 Å². The van der Waals surface area contributed by atoms with Crippen molar-refractivity contribution in [1.29, 1.82) is 0 Å². The molecule has 3 N–H and O–H groups in total. The third-order valence-electron chi connectivity index (χ3n) is 5.71. The van der Waals surface area contributed by atoms with Gasteiger partial charge in [-0.3, -0.25) is 4.79 Å². The number of para-hydroxylation sites is 1. The summed E-state index contributed by atoms with van der Waals surface area (Å²) in [5.41, 5.74) is 3.58. The summed E-state index contributed by atoms with van der Waals surface area (Å²) in [4.78, 5) is 15.2. The summed E-state index contributed by atoms with van der Waals surface area (Å²) >= 11 is 15.8. The highest BCUT2D eigenvalue weighted by atomic mass is 79.9. The molecule has 36 heavy (non-hydrogen) atoms. The Bertz CT molecular complexity index is 1380. The normalized spacial score (nSPS) is 12.0. The number of fused-ring (bicyclic) bond motifs is 1. The lowest BCUT2D eigenvalue weighted by molar-refractivity contribution is -0.139. The number of carboxylic acid groups (broad SMARTS) is 1. The Morgan fingerprint density at radius 3 is 2.67 bits per heavy atom. The monoisotopic (exact) mass is 590 g/mol. The van der Waals surface area contributed by atoms with Gasteiger partial charge in [0.1, 0.15) is 12.6 Å². The first-order valence-corrected chi connectivity index (χ1v) is 12.9. The van der Waals surface area contributed by atoms with E-state index in [0.717, 1.165) is 27.6 Å². The van der Waals surface area contributed by atoms with E-state index in [1.807, 2.05) is 55.6 Å². The molecule has 0 aliphatic rings. The number of ether oxygens (including phenoxy) is 2. The fourth-order valence-electron chi connectivity index (χ4n) is 3.92. The quantitative estimate of drug-likeness (QED) is 0.175. The zero-order valence-electron chi connectivity index (χ0n) is 19.5. The summed E-state index contributed by atoms with van der Waals surface area (Å²) in [5.74, 6) is 0.182. The van der Waals surface area contributed by atoms with Gasteiger partial charge in [0.25, 0.3) is 0 Å². The lowest BCUT2D eigenvalue weighted by atomic mass is 10.0. The van der Waals surface area contributed by atoms with E-state index in [4.69, 9.17) is 32.7 Å². The average Bonchev–Trinajstić information content (AvgIpc) is 3.25. The van der Waals surface area contributed by atoms with Gasteiger partial charge in [0.05, 0.1) is 11.1 Å². The molecule has 0 saturated heterocycles. The maximum absolute atomic E-state index is 12.0. The number of hydrogen-bond acceptors (Lipinski definition) is 4. The van der Waals surface area contributed by atoms with Crippen LogP contribution >= 0.6 is 39.1 Å². The van der Waals surface area contributed by atoms with E-state index in [9.17, 15) is 9.90 Å². The number of benzene rings is 3. The minimum absolute atomic E-state index is 0.234. The molecule has 0 spiro atoms. The van der Waals surface area contributed by atoms with Crippen LogP contribution < -0.4 is 14.8 Å². The minimum atomic E-state index is -0.913. The van der Waals surface area contributed by atoms with Gasteiger partial charge >= 0.3 is 5.97 Å². The summed E-state index contributed by atoms with van der Waals surface area (Å²) in [6.45, 7) is 2.90. The summed E-state index contributed by atoms with van der Waals surface area (Å²) in [7, 11) is 0. The Hall–Kier alpha value is -2.71. The van der Waals surface area contributed by atoms with Crippen molar-refractivity contribution in [2.24, 2.45) is 0 Å². The van der Waals surface area contributed by atoms with Gasteiger partial charge in [0.2, 0.25) is 0 Å². The molecule has 9 heteroatoms. The summed E-state index contributed by atoms with van der Waals surface area (Å²) < 4.78 is 12.6. The van der Waals surface area contributed by atoms with Crippen molar-refractivity contribution in [1.82, 2.24) is 10.3 Å². The molecule has 1 aromatic heterocycles. The number of nitrogens with one attached hydrogen (secondary N) is 2. The van der Waals surface area contributed by atoms with Gasteiger partial charge in [-0.2, -0.15) is 0 Å². The molecule has 1 unspecified atom stereocenters. The van der Waals surface area contributed by atoms with E-state index in [1.165, 1.54) is 0 Å². The first-order chi connectivity index (χ1) is 17.4. The second-order valence-corrected chi connectivity index (χ2v) is 9.90. The van der Waals surface area contributed by atoms with Crippen LogP contribution in [0.25, 0.3) is 10.9 Å². The van der Waals surface area contributed by atoms with E-state index in [1.54, 1.807) is 12.1 Å². The van der Waals surface area contributed by atoms with Crippen LogP contribution in [-0.2, 0) is 24.4 Å². The molecule has 1 atom stereocenters. The molecule has 0 fully saturated rings. The molecule has 0 saturated carbocycles. The van der Waals surface area contributed by atoms with Crippen LogP contribution in [0.1, 0.15) is 23.6 Å². The van der Waals surface area contributed by atoms with Crippen molar-refractivity contribution in [2.45, 2.75) is 32.5 Å². The van der Waals surface area contributed by atoms with E-state index < -0.39 is 12.0 Å². The molecule has 0 aliphatic heterocycles. The Morgan fingerprint density at radius 1 is 1.11 bits per heavy atom. The zero-order valence-corrected chi connectivity index (χ0v) is 22.6. The van der Waals surface area contributed by atoms with Crippen LogP contribution in [0.4, 0.5) is 0 Å². The van der Waals surface area contributed by atoms with Crippen molar-refractivity contribution >= 4 is 56.0 Å². The molecule has 3 aromatic carbocycles. The molecule has 188 valence electrons. The first kappa shape index (κ1) is 26.4. The molecule has 4 rings (SSSR count). The highest BCUT2D eigenvalue weighted by Gasteiger charge is 2.20. The Kier molecular flexibility index (Phi) is 8.80. The van der Waals surface area contributed by atoms with Crippen LogP contribution in [-0.4, -0.2) is 28.7 Å². The van der Waals surface area contributed by atoms with Crippen molar-refractivity contribution in [3.63, 3.8) is 0 Å². The fraction of sp³-hybridized carbons (Fsp3) is 0.222. The van der Waals surface area contributed by atoms with Gasteiger partial charge in [-0.1, -0.05) is 47.5 Å². The minimum Gasteiger partial charge on any atom is -0.490 e. The van der Waals surface area contributed by atoms with Crippen LogP contribution in [0.5, 0.6) is 11.5 Å². The number of hydrogen-bond donors (Lipinski definition) is 3. The SMILES string of the molecule is CCOc1cc(CNC(Cc2c[nH]c3ccccc23)C(=O)O)cc(Br)c1OCc1ccc(Cl)cc1Cl. The molecule has 0 bridgehead atoms. The number of H-pyrrole nitrogens is 1. The van der Waals surface area contributed by atoms with E-state index in [-0.39, 0.29) is 6.61 Å². The van der Waals surface area contributed by atoms with Crippen molar-refractivity contribution in [3.8, 4) is 11.5 Å². The summed E-state index contributed by atoms with van der Waals surface area (Å²) in [5, 5.41) is 15.1. The number of halogens is 3. The van der Waals surface area contributed by atoms with Gasteiger partial charge in [-0.15, -0.1) is 0 Å². The van der Waals surface area contributed by atoms with Crippen LogP contribution in [0.2, 0.25) is 10.0 Å². The third kappa shape index (κ3) is 6.34. The van der Waals surface area contributed by atoms with E-state index in [2.05, 4.69) is 26.2 Å². The Labute approximate surface area is 227 Å². The third-order valence-corrected chi connectivity index (χ3v) is 6.88. The smallest absolute Gasteiger partial charge is 0.321 e. The first-order valence-electron chi connectivity index (χ1n) is 11.4. The standard InChI is InChI=1S/C27H25BrCl2N2O4/c1-2-35-25-10-16(9-21(28)26(25)36-15-17-7-8-19(29)12-22(17)30)13-31-24(27(33)34)11-18-14-32-23-6-4-3-5-20(18)23/h3-10,12,14,24,31-32H,2,11,13,15H2,1H3,(H,33,34). The predicted molar refractivity (Wildman–Crippen MR) is 146 cm³/mol. The number of rotatable bonds is 11. The Balaban J connectivity index is 1.48. The second kappa shape index (κ2) is 12.0. The molecule has 4 aromatic rings. The zero-order chi connectivity index (χ0) is 25.7. The van der Waals surface area contributed by atoms with Gasteiger partial charge in [0, 0.05) is 45.7 Å². The summed E-state index contributed by atoms with van der Waals surface area (Å²) in [6.07, 6.45) is 2.22. The number of aromatic nitrogens is 1. The van der Waals surface area contributed by atoms with Gasteiger partial charge < -0.3 is 24.9 Å². The van der Waals surface area contributed by atoms with E-state index >= 15 is 0 Å². The second-order valence-electron chi connectivity index (χ2n) is 8.20. The molecule has 1 heterocycles. The summed E-state index contributed by atoms with van der Waals surface area (Å²) in [6, 6.07) is 16.1. The Morgan fingerprint density at radius 2 is 1.92 bits per heavy atom. The van der Waals surface area contributed by atoms with Crippen molar-refractivity contribution in [2.75, 3.05) is 6.61 Å². The maximum atomic E-state index is 12.0. The van der Waals surface area contributed by atoms with E-state index in [0.29, 0.717) is 45.6 Å². The van der Waals surface area contributed by atoms with Crippen LogP contribution in [0.3, 0.4) is 0 Å². The maximum Gasteiger partial charge on any atom is 0.321 e. The van der Waals surface area contributed by atoms with Crippen LogP contribution in [0.15, 0.2) is 65.3 Å². The topological polar surface area (TPSA) is 83.6 Å². The number of aliphatic carboxylic acids is 1. The molecule has 0 aliphatic carbocycles. The number of aromatic amines is 1. The molecule has 0 amide bonds. The fourth-order valence-corrected chi connectivity index (χ4v) is 4.99. The lowest BCUT2D eigenvalue weighted by Gasteiger charge is -2.18. The van der Waals surface area contributed by atoms with Gasteiger partial charge in [-0.25, -0.2) is 0 Å². The van der Waals surface area contributed by atoms with Crippen LogP contribution in [0, 0.1) is 0 Å². The number of carbonyl (C=O) groups is 1. The lowest BCUT2D eigenvalue weighted by Crippen LogP contribution is -2.38. The molecular formula is C27H25BrCl2N2O4. The molecule has 6 nitrogen and oxygen atoms in total. The highest BCUT2D eigenvalue weighted by Crippen LogP contribution is 2.38. The van der Waals surface area contributed by atoms with Gasteiger partial charge in [-0.05, 0) is 64.3 Å². The number of carboxylic acids is 1. The molecule has 0 radical (unpaired) electrons. The van der Waals surface area contributed by atoms with Gasteiger partial charge in [0.15, 0.2) is 11.5 Å². The average molecular weight is 592 g/mol. The predicted octanol–water partition coefficient (Wildman–Crippen LogP) is 7.00. The molecular weight excluding hydrogens is 567 g/mol. The highest BCUT2D eigenvalue weighted by molar-refractivity contribution is 9.10.